The van der Waals surface area contributed by atoms with Gasteiger partial charge in [0.15, 0.2) is 0 Å². The largest absolute Gasteiger partial charge is 1.00 e. The van der Waals surface area contributed by atoms with Crippen molar-refractivity contribution < 1.29 is 120 Å². The molecule has 0 saturated carbocycles. The van der Waals surface area contributed by atoms with Gasteiger partial charge in [-0.3, -0.25) is 8.42 Å². The molecule has 0 N–H and O–H groups in total. The Morgan fingerprint density at radius 1 is 1.00 bits per heavy atom. The molecule has 0 saturated heterocycles. The summed E-state index contributed by atoms with van der Waals surface area (Å²) in [5.41, 5.74) is 0. The molecule has 1 aromatic rings. The van der Waals surface area contributed by atoms with Gasteiger partial charge in [-0.25, -0.2) is 0 Å². The van der Waals surface area contributed by atoms with Crippen molar-refractivity contribution in [3.8, 4) is 0 Å². The van der Waals surface area contributed by atoms with Gasteiger partial charge >= 0.3 is 103 Å². The van der Waals surface area contributed by atoms with E-state index in [-0.39, 0.29) is 103 Å². The summed E-state index contributed by atoms with van der Waals surface area (Å²) in [6.07, 6.45) is 0. The van der Waals surface area contributed by atoms with Gasteiger partial charge < -0.3 is 9.11 Å². The summed E-state index contributed by atoms with van der Waals surface area (Å²) in [6.45, 7) is 0. The zero-order chi connectivity index (χ0) is 9.61. The van der Waals surface area contributed by atoms with Crippen LogP contribution < -0.4 is 103 Å². The van der Waals surface area contributed by atoms with E-state index in [9.17, 15) is 0 Å². The molecule has 1 rings (SSSR count). The van der Waals surface area contributed by atoms with Crippen molar-refractivity contribution in [2.24, 2.45) is 0 Å². The van der Waals surface area contributed by atoms with E-state index < -0.39 is 10.4 Å². The second kappa shape index (κ2) is 12.1. The third-order valence-electron chi connectivity index (χ3n) is 0.733. The maximum Gasteiger partial charge on any atom is 1.00 e. The summed E-state index contributed by atoms with van der Waals surface area (Å²) in [7, 11) is -5.17. The van der Waals surface area contributed by atoms with Crippen molar-refractivity contribution in [2.75, 3.05) is 0 Å². The van der Waals surface area contributed by atoms with Gasteiger partial charge in [-0.05, 0) is 12.1 Å². The van der Waals surface area contributed by atoms with Crippen LogP contribution in [0.1, 0.15) is 0 Å². The molecule has 0 bridgehead atoms. The summed E-state index contributed by atoms with van der Waals surface area (Å²) >= 11 is 5.54. The standard InChI is InChI=1S/C6H5Cl.2K.H2O4S/c7-6-4-2-1-3-5-6;;;1-5(2,3)4/h1-5H;;;(H2,1,2,3,4)/q;2*+1;/p-2. The molecule has 0 atom stereocenters. The van der Waals surface area contributed by atoms with E-state index in [2.05, 4.69) is 0 Å². The molecule has 0 heterocycles. The minimum absolute atomic E-state index is 0. The third kappa shape index (κ3) is 24.1. The predicted molar refractivity (Wildman–Crippen MR) is 41.9 cm³/mol. The summed E-state index contributed by atoms with van der Waals surface area (Å²) in [4.78, 5) is 0. The maximum atomic E-state index is 8.52. The fraction of sp³-hybridized carbons (Fsp3) is 0. The van der Waals surface area contributed by atoms with Crippen LogP contribution >= 0.6 is 11.6 Å². The Balaban J connectivity index is -0.000000159. The maximum absolute atomic E-state index is 8.52. The fourth-order valence-electron chi connectivity index (χ4n) is 0.415. The Kier molecular flexibility index (Phi) is 18.9. The van der Waals surface area contributed by atoms with Crippen LogP contribution in [-0.4, -0.2) is 17.5 Å². The molecule has 1 aromatic carbocycles. The van der Waals surface area contributed by atoms with Gasteiger partial charge in [0.1, 0.15) is 0 Å². The molecule has 68 valence electrons. The van der Waals surface area contributed by atoms with Gasteiger partial charge in [-0.2, -0.15) is 0 Å². The third-order valence-corrected chi connectivity index (χ3v) is 0.985. The first kappa shape index (κ1) is 21.9. The molecule has 0 aliphatic heterocycles. The van der Waals surface area contributed by atoms with Crippen LogP contribution in [0.2, 0.25) is 5.02 Å². The quantitative estimate of drug-likeness (QED) is 0.272. The zero-order valence-corrected chi connectivity index (χ0v) is 15.6. The number of halogens is 1. The molecule has 0 fully saturated rings. The topological polar surface area (TPSA) is 80.3 Å². The SMILES string of the molecule is Clc1ccccc1.O=S(=O)([O-])[O-].[K+].[K+]. The van der Waals surface area contributed by atoms with Gasteiger partial charge in [-0.1, -0.05) is 29.8 Å². The molecule has 0 aliphatic rings. The molecule has 0 unspecified atom stereocenters. The van der Waals surface area contributed by atoms with Gasteiger partial charge in [-0.15, -0.1) is 0 Å². The molecule has 4 nitrogen and oxygen atoms in total. The molecule has 0 amide bonds. The Hall–Kier alpha value is 2.65. The molecule has 0 radical (unpaired) electrons. The average Bonchev–Trinajstić information content (AvgIpc) is 1.85. The first-order valence-corrected chi connectivity index (χ1v) is 4.48. The van der Waals surface area contributed by atoms with E-state index in [1.807, 2.05) is 30.3 Å². The molecule has 14 heavy (non-hydrogen) atoms. The van der Waals surface area contributed by atoms with Crippen molar-refractivity contribution in [2.45, 2.75) is 0 Å². The van der Waals surface area contributed by atoms with Crippen molar-refractivity contribution >= 4 is 22.0 Å². The summed E-state index contributed by atoms with van der Waals surface area (Å²) in [5, 5.41) is 0.794. The smallest absolute Gasteiger partial charge is 0.759 e. The number of hydrogen-bond acceptors (Lipinski definition) is 4. The predicted octanol–water partition coefficient (Wildman–Crippen LogP) is -4.99. The summed E-state index contributed by atoms with van der Waals surface area (Å²) in [5.74, 6) is 0. The summed E-state index contributed by atoms with van der Waals surface area (Å²) < 4.78 is 34.1. The number of hydrogen-bond donors (Lipinski definition) is 0. The molecule has 0 aromatic heterocycles. The van der Waals surface area contributed by atoms with Crippen molar-refractivity contribution in [3.05, 3.63) is 35.4 Å². The zero-order valence-electron chi connectivity index (χ0n) is 7.81. The normalized spacial score (nSPS) is 8.50. The van der Waals surface area contributed by atoms with Gasteiger partial charge in [0.2, 0.25) is 0 Å². The molecule has 8 heteroatoms. The minimum atomic E-state index is -5.17. The van der Waals surface area contributed by atoms with Crippen LogP contribution in [0, 0.1) is 0 Å². The van der Waals surface area contributed by atoms with Crippen molar-refractivity contribution in [1.29, 1.82) is 0 Å². The Morgan fingerprint density at radius 2 is 1.29 bits per heavy atom. The molecular weight excluding hydrogens is 282 g/mol. The Labute approximate surface area is 173 Å². The van der Waals surface area contributed by atoms with E-state index in [0.717, 1.165) is 5.02 Å². The van der Waals surface area contributed by atoms with Crippen LogP contribution in [0.3, 0.4) is 0 Å². The summed E-state index contributed by atoms with van der Waals surface area (Å²) in [6, 6.07) is 9.44. The fourth-order valence-corrected chi connectivity index (χ4v) is 0.560. The van der Waals surface area contributed by atoms with E-state index in [1.165, 1.54) is 0 Å². The van der Waals surface area contributed by atoms with E-state index in [0.29, 0.717) is 0 Å². The van der Waals surface area contributed by atoms with Crippen LogP contribution in [0.15, 0.2) is 30.3 Å². The van der Waals surface area contributed by atoms with E-state index in [1.54, 1.807) is 0 Å². The van der Waals surface area contributed by atoms with Crippen molar-refractivity contribution in [3.63, 3.8) is 0 Å². The van der Waals surface area contributed by atoms with Crippen LogP contribution in [0.25, 0.3) is 0 Å². The Bertz CT molecular complexity index is 308. The number of rotatable bonds is 0. The van der Waals surface area contributed by atoms with E-state index in [4.69, 9.17) is 29.1 Å². The Morgan fingerprint density at radius 3 is 1.43 bits per heavy atom. The van der Waals surface area contributed by atoms with Gasteiger partial charge in [0.25, 0.3) is 0 Å². The van der Waals surface area contributed by atoms with E-state index >= 15 is 0 Å². The second-order valence-electron chi connectivity index (χ2n) is 1.70. The average molecular weight is 287 g/mol. The van der Waals surface area contributed by atoms with Crippen molar-refractivity contribution in [1.82, 2.24) is 0 Å². The second-order valence-corrected chi connectivity index (χ2v) is 2.96. The van der Waals surface area contributed by atoms with Crippen LogP contribution in [0.5, 0.6) is 0 Å². The first-order valence-electron chi connectivity index (χ1n) is 2.77. The van der Waals surface area contributed by atoms with Crippen LogP contribution in [-0.2, 0) is 10.4 Å². The molecule has 0 spiro atoms. The molecular formula is C6H5ClK2O4S. The first-order chi connectivity index (χ1) is 5.39. The number of benzene rings is 1. The molecule has 0 aliphatic carbocycles. The van der Waals surface area contributed by atoms with Gasteiger partial charge in [0, 0.05) is 15.4 Å². The van der Waals surface area contributed by atoms with Crippen LogP contribution in [0.4, 0.5) is 0 Å². The monoisotopic (exact) mass is 286 g/mol. The minimum Gasteiger partial charge on any atom is -0.759 e. The van der Waals surface area contributed by atoms with Gasteiger partial charge in [0.05, 0.1) is 0 Å².